The third kappa shape index (κ3) is 3.10. The maximum atomic E-state index is 12.1. The molecule has 1 heterocycles. The molecule has 1 N–H and O–H groups in total. The fraction of sp³-hybridized carbons (Fsp3) is 0.333. The first-order chi connectivity index (χ1) is 9.38. The van der Waals surface area contributed by atoms with Gasteiger partial charge in [-0.25, -0.2) is 0 Å². The third-order valence-corrected chi connectivity index (χ3v) is 4.40. The Hall–Kier alpha value is -1.62. The molecule has 0 radical (unpaired) electrons. The van der Waals surface area contributed by atoms with Gasteiger partial charge in [0.25, 0.3) is 0 Å². The quantitative estimate of drug-likeness (QED) is 0.932. The predicted molar refractivity (Wildman–Crippen MR) is 83.9 cm³/mol. The molecule has 0 aliphatic rings. The average molecular weight is 336 g/mol. The lowest BCUT2D eigenvalue weighted by molar-refractivity contribution is -0.116. The molecule has 1 amide bonds. The van der Waals surface area contributed by atoms with Crippen LogP contribution in [0.1, 0.15) is 22.5 Å². The molecule has 20 heavy (non-hydrogen) atoms. The van der Waals surface area contributed by atoms with E-state index >= 15 is 0 Å². The van der Waals surface area contributed by atoms with Crippen LogP contribution in [0.15, 0.2) is 22.7 Å². The van der Waals surface area contributed by atoms with Gasteiger partial charge in [-0.15, -0.1) is 0 Å². The highest BCUT2D eigenvalue weighted by molar-refractivity contribution is 9.10. The molecule has 106 valence electrons. The Labute approximate surface area is 127 Å². The van der Waals surface area contributed by atoms with Crippen LogP contribution in [0.3, 0.4) is 0 Å². The summed E-state index contributed by atoms with van der Waals surface area (Å²) in [7, 11) is 0. The molecule has 2 rings (SSSR count). The lowest BCUT2D eigenvalue weighted by atomic mass is 10.1. The molecular formula is C15H18BrN3O. The Kier molecular flexibility index (Phi) is 4.28. The smallest absolute Gasteiger partial charge is 0.246 e. The van der Waals surface area contributed by atoms with Crippen molar-refractivity contribution in [2.75, 3.05) is 5.32 Å². The fourth-order valence-corrected chi connectivity index (χ4v) is 2.31. The van der Waals surface area contributed by atoms with Gasteiger partial charge >= 0.3 is 0 Å². The normalized spacial score (nSPS) is 10.7. The lowest BCUT2D eigenvalue weighted by Crippen LogP contribution is -2.20. The number of hydrogen-bond acceptors (Lipinski definition) is 2. The largest absolute Gasteiger partial charge is 0.324 e. The summed E-state index contributed by atoms with van der Waals surface area (Å²) >= 11 is 3.46. The van der Waals surface area contributed by atoms with Gasteiger partial charge in [-0.2, -0.15) is 5.10 Å². The Morgan fingerprint density at radius 2 is 2.00 bits per heavy atom. The number of carbonyl (C=O) groups excluding carboxylic acids is 1. The molecule has 0 saturated carbocycles. The zero-order chi connectivity index (χ0) is 14.9. The maximum absolute atomic E-state index is 12.1. The highest BCUT2D eigenvalue weighted by Gasteiger charge is 2.12. The average Bonchev–Trinajstić information content (AvgIpc) is 2.61. The predicted octanol–water partition coefficient (Wildman–Crippen LogP) is 3.52. The van der Waals surface area contributed by atoms with E-state index in [1.807, 2.05) is 45.9 Å². The topological polar surface area (TPSA) is 46.9 Å². The van der Waals surface area contributed by atoms with Crippen LogP contribution >= 0.6 is 15.9 Å². The number of aromatic nitrogens is 2. The van der Waals surface area contributed by atoms with E-state index in [4.69, 9.17) is 0 Å². The minimum Gasteiger partial charge on any atom is -0.324 e. The Morgan fingerprint density at radius 3 is 2.60 bits per heavy atom. The van der Waals surface area contributed by atoms with Crippen molar-refractivity contribution >= 4 is 27.5 Å². The third-order valence-electron chi connectivity index (χ3n) is 3.25. The standard InChI is InChI=1S/C15H18BrN3O/c1-9-5-6-10(2)13(7-9)17-14(20)8-19-12(4)15(16)11(3)18-19/h5-7H,8H2,1-4H3,(H,17,20). The highest BCUT2D eigenvalue weighted by Crippen LogP contribution is 2.20. The van der Waals surface area contributed by atoms with Gasteiger partial charge in [0.05, 0.1) is 15.9 Å². The van der Waals surface area contributed by atoms with Crippen LogP contribution in [0.2, 0.25) is 0 Å². The van der Waals surface area contributed by atoms with Gasteiger partial charge in [0.2, 0.25) is 5.91 Å². The molecule has 0 atom stereocenters. The van der Waals surface area contributed by atoms with E-state index in [2.05, 4.69) is 26.3 Å². The summed E-state index contributed by atoms with van der Waals surface area (Å²) in [6.07, 6.45) is 0. The second-order valence-corrected chi connectivity index (χ2v) is 5.80. The second-order valence-electron chi connectivity index (χ2n) is 5.01. The number of carbonyl (C=O) groups is 1. The molecule has 0 saturated heterocycles. The Morgan fingerprint density at radius 1 is 1.30 bits per heavy atom. The van der Waals surface area contributed by atoms with E-state index in [1.165, 1.54) is 0 Å². The van der Waals surface area contributed by atoms with Crippen LogP contribution in [0.25, 0.3) is 0 Å². The molecule has 0 aliphatic carbocycles. The minimum atomic E-state index is -0.0724. The van der Waals surface area contributed by atoms with E-state index < -0.39 is 0 Å². The number of rotatable bonds is 3. The van der Waals surface area contributed by atoms with Crippen molar-refractivity contribution in [3.8, 4) is 0 Å². The van der Waals surface area contributed by atoms with Crippen molar-refractivity contribution in [3.05, 3.63) is 45.2 Å². The number of aryl methyl sites for hydroxylation is 3. The van der Waals surface area contributed by atoms with Crippen LogP contribution in [-0.2, 0) is 11.3 Å². The molecule has 2 aromatic rings. The van der Waals surface area contributed by atoms with Gasteiger partial charge < -0.3 is 5.32 Å². The lowest BCUT2D eigenvalue weighted by Gasteiger charge is -2.10. The van der Waals surface area contributed by atoms with E-state index in [0.717, 1.165) is 32.7 Å². The zero-order valence-electron chi connectivity index (χ0n) is 12.1. The number of hydrogen-bond donors (Lipinski definition) is 1. The highest BCUT2D eigenvalue weighted by atomic mass is 79.9. The summed E-state index contributed by atoms with van der Waals surface area (Å²) in [5, 5.41) is 7.28. The summed E-state index contributed by atoms with van der Waals surface area (Å²) in [6, 6.07) is 6.01. The summed E-state index contributed by atoms with van der Waals surface area (Å²) in [6.45, 7) is 8.05. The van der Waals surface area contributed by atoms with E-state index in [1.54, 1.807) is 4.68 Å². The molecule has 1 aromatic heterocycles. The van der Waals surface area contributed by atoms with E-state index in [9.17, 15) is 4.79 Å². The van der Waals surface area contributed by atoms with Gasteiger partial charge in [0.1, 0.15) is 6.54 Å². The van der Waals surface area contributed by atoms with Crippen molar-refractivity contribution < 1.29 is 4.79 Å². The van der Waals surface area contributed by atoms with Crippen LogP contribution in [-0.4, -0.2) is 15.7 Å². The first kappa shape index (κ1) is 14.8. The van der Waals surface area contributed by atoms with Crippen LogP contribution in [0.4, 0.5) is 5.69 Å². The molecule has 0 aliphatic heterocycles. The number of anilines is 1. The van der Waals surface area contributed by atoms with E-state index in [-0.39, 0.29) is 12.5 Å². The fourth-order valence-electron chi connectivity index (χ4n) is 2.03. The molecule has 0 bridgehead atoms. The van der Waals surface area contributed by atoms with Gasteiger partial charge in [0.15, 0.2) is 0 Å². The van der Waals surface area contributed by atoms with Crippen LogP contribution < -0.4 is 5.32 Å². The van der Waals surface area contributed by atoms with Gasteiger partial charge in [0, 0.05) is 5.69 Å². The molecule has 0 fully saturated rings. The van der Waals surface area contributed by atoms with Crippen molar-refractivity contribution in [1.82, 2.24) is 9.78 Å². The Bertz CT molecular complexity index is 661. The first-order valence-electron chi connectivity index (χ1n) is 6.45. The van der Waals surface area contributed by atoms with Gasteiger partial charge in [-0.1, -0.05) is 12.1 Å². The van der Waals surface area contributed by atoms with Crippen LogP contribution in [0, 0.1) is 27.7 Å². The van der Waals surface area contributed by atoms with Gasteiger partial charge in [-0.3, -0.25) is 9.48 Å². The first-order valence-corrected chi connectivity index (χ1v) is 7.24. The monoisotopic (exact) mass is 335 g/mol. The number of benzene rings is 1. The van der Waals surface area contributed by atoms with E-state index in [0.29, 0.717) is 0 Å². The van der Waals surface area contributed by atoms with Crippen molar-refractivity contribution in [2.45, 2.75) is 34.2 Å². The van der Waals surface area contributed by atoms with Crippen LogP contribution in [0.5, 0.6) is 0 Å². The molecule has 5 heteroatoms. The molecular weight excluding hydrogens is 318 g/mol. The molecule has 1 aromatic carbocycles. The second kappa shape index (κ2) is 5.79. The number of halogens is 1. The molecule has 0 unspecified atom stereocenters. The maximum Gasteiger partial charge on any atom is 0.246 e. The van der Waals surface area contributed by atoms with Crippen molar-refractivity contribution in [2.24, 2.45) is 0 Å². The zero-order valence-corrected chi connectivity index (χ0v) is 13.7. The number of nitrogens with one attached hydrogen (secondary N) is 1. The summed E-state index contributed by atoms with van der Waals surface area (Å²) in [5.74, 6) is -0.0724. The number of nitrogens with zero attached hydrogens (tertiary/aromatic N) is 2. The summed E-state index contributed by atoms with van der Waals surface area (Å²) in [4.78, 5) is 12.1. The minimum absolute atomic E-state index is 0.0724. The van der Waals surface area contributed by atoms with Crippen molar-refractivity contribution in [3.63, 3.8) is 0 Å². The molecule has 4 nitrogen and oxygen atoms in total. The van der Waals surface area contributed by atoms with Gasteiger partial charge in [-0.05, 0) is 60.8 Å². The molecule has 0 spiro atoms. The number of amides is 1. The summed E-state index contributed by atoms with van der Waals surface area (Å²) in [5.41, 5.74) is 4.88. The van der Waals surface area contributed by atoms with Crippen molar-refractivity contribution in [1.29, 1.82) is 0 Å². The summed E-state index contributed by atoms with van der Waals surface area (Å²) < 4.78 is 2.66. The SMILES string of the molecule is Cc1ccc(C)c(NC(=O)Cn2nc(C)c(Br)c2C)c1. The Balaban J connectivity index is 2.13.